The maximum Gasteiger partial charge on any atom is 0.342 e. The Bertz CT molecular complexity index is 105. The van der Waals surface area contributed by atoms with E-state index in [1.165, 1.54) is 0 Å². The third-order valence-corrected chi connectivity index (χ3v) is 0.362. The van der Waals surface area contributed by atoms with E-state index < -0.39 is 5.83 Å². The van der Waals surface area contributed by atoms with Gasteiger partial charge in [0.15, 0.2) is 0 Å². The summed E-state index contributed by atoms with van der Waals surface area (Å²) in [7, 11) is 0. The molecule has 0 aliphatic carbocycles. The lowest BCUT2D eigenvalue weighted by atomic mass is 10.7. The van der Waals surface area contributed by atoms with Crippen molar-refractivity contribution in [2.75, 3.05) is 0 Å². The minimum absolute atomic E-state index is 0.560. The Kier molecular flexibility index (Phi) is 0.602. The molecule has 0 aromatic heterocycles. The van der Waals surface area contributed by atoms with Crippen LogP contribution in [0.1, 0.15) is 0 Å². The highest BCUT2D eigenvalue weighted by Gasteiger charge is 2.09. The van der Waals surface area contributed by atoms with Crippen molar-refractivity contribution < 1.29 is 9.23 Å². The van der Waals surface area contributed by atoms with Gasteiger partial charge in [-0.1, -0.05) is 0 Å². The number of hydrogen-bond donors (Lipinski definition) is 0. The van der Waals surface area contributed by atoms with Gasteiger partial charge in [0.25, 0.3) is 5.83 Å². The largest absolute Gasteiger partial charge is 0.342 e. The van der Waals surface area contributed by atoms with E-state index in [1.54, 1.807) is 0 Å². The molecule has 0 spiro atoms. The van der Waals surface area contributed by atoms with Gasteiger partial charge in [-0.05, 0) is 0 Å². The summed E-state index contributed by atoms with van der Waals surface area (Å²) >= 11 is 0. The second kappa shape index (κ2) is 1.08. The molecule has 1 heterocycles. The Labute approximate surface area is 33.9 Å². The zero-order chi connectivity index (χ0) is 4.41. The smallest absolute Gasteiger partial charge is 0.195 e. The Morgan fingerprint density at radius 3 is 3.00 bits per heavy atom. The quantitative estimate of drug-likeness (QED) is 0.405. The molecule has 0 atom stereocenters. The molecule has 1 aliphatic rings. The highest BCUT2D eigenvalue weighted by Crippen LogP contribution is 1.91. The SMILES string of the molecule is FC1=[C]O[N+]=C1. The molecular weight excluding hydrogens is 85.0 g/mol. The summed E-state index contributed by atoms with van der Waals surface area (Å²) in [5, 5.41) is 3.02. The molecule has 0 saturated heterocycles. The second-order valence-corrected chi connectivity index (χ2v) is 0.776. The molecule has 1 aliphatic heterocycles. The number of oxime groups is 1. The Balaban J connectivity index is 2.68. The van der Waals surface area contributed by atoms with Crippen LogP contribution < -0.4 is 5.16 Å². The molecule has 6 heavy (non-hydrogen) atoms. The normalized spacial score (nSPS) is 17.2. The van der Waals surface area contributed by atoms with Crippen LogP contribution in [0.4, 0.5) is 4.39 Å². The minimum atomic E-state index is -0.560. The van der Waals surface area contributed by atoms with Crippen molar-refractivity contribution in [2.45, 2.75) is 0 Å². The van der Waals surface area contributed by atoms with Crippen molar-refractivity contribution in [2.24, 2.45) is 0 Å². The lowest BCUT2D eigenvalue weighted by molar-refractivity contribution is 0.198. The number of allylic oxidation sites excluding steroid dienone is 1. The fourth-order valence-electron chi connectivity index (χ4n) is 0.169. The summed E-state index contributed by atoms with van der Waals surface area (Å²) in [5.41, 5.74) is 0. The van der Waals surface area contributed by atoms with Gasteiger partial charge in [-0.25, -0.2) is 0 Å². The van der Waals surface area contributed by atoms with Gasteiger partial charge >= 0.3 is 17.6 Å². The first kappa shape index (κ1) is 3.33. The molecule has 30 valence electrons. The van der Waals surface area contributed by atoms with E-state index in [4.69, 9.17) is 0 Å². The van der Waals surface area contributed by atoms with Crippen molar-refractivity contribution in [3.8, 4) is 0 Å². The minimum Gasteiger partial charge on any atom is -0.195 e. The van der Waals surface area contributed by atoms with Crippen LogP contribution in [-0.2, 0) is 4.84 Å². The topological polar surface area (TPSA) is 23.3 Å². The van der Waals surface area contributed by atoms with Crippen LogP contribution in [0.2, 0.25) is 0 Å². The van der Waals surface area contributed by atoms with E-state index in [2.05, 4.69) is 9.99 Å². The molecule has 0 bridgehead atoms. The predicted octanol–water partition coefficient (Wildman–Crippen LogP) is -0.0477. The van der Waals surface area contributed by atoms with Gasteiger partial charge in [0.1, 0.15) is 0 Å². The number of rotatable bonds is 0. The van der Waals surface area contributed by atoms with E-state index in [0.29, 0.717) is 0 Å². The molecule has 0 aromatic rings. The highest BCUT2D eigenvalue weighted by atomic mass is 19.1. The van der Waals surface area contributed by atoms with Crippen LogP contribution >= 0.6 is 0 Å². The van der Waals surface area contributed by atoms with Crippen molar-refractivity contribution in [1.82, 2.24) is 5.16 Å². The molecular formula is C3HFNO+. The summed E-state index contributed by atoms with van der Waals surface area (Å²) in [6.07, 6.45) is 2.79. The van der Waals surface area contributed by atoms with Crippen molar-refractivity contribution in [3.05, 3.63) is 12.1 Å². The molecule has 1 rings (SSSR count). The lowest BCUT2D eigenvalue weighted by Gasteiger charge is -1.52. The van der Waals surface area contributed by atoms with Gasteiger partial charge in [-0.3, -0.25) is 0 Å². The molecule has 0 aromatic carbocycles. The first-order chi connectivity index (χ1) is 2.89. The van der Waals surface area contributed by atoms with Gasteiger partial charge in [0, 0.05) is 0 Å². The zero-order valence-corrected chi connectivity index (χ0v) is 2.81. The van der Waals surface area contributed by atoms with E-state index in [0.717, 1.165) is 6.21 Å². The van der Waals surface area contributed by atoms with Crippen molar-refractivity contribution in [1.29, 1.82) is 0 Å². The van der Waals surface area contributed by atoms with Gasteiger partial charge < -0.3 is 0 Å². The summed E-state index contributed by atoms with van der Waals surface area (Å²) < 4.78 is 11.5. The number of halogens is 1. The van der Waals surface area contributed by atoms with Crippen LogP contribution in [0.25, 0.3) is 0 Å². The van der Waals surface area contributed by atoms with Crippen molar-refractivity contribution in [3.63, 3.8) is 0 Å². The molecule has 0 unspecified atom stereocenters. The summed E-state index contributed by atoms with van der Waals surface area (Å²) in [5.74, 6) is -0.560. The molecule has 0 N–H and O–H groups in total. The van der Waals surface area contributed by atoms with E-state index >= 15 is 0 Å². The summed E-state index contributed by atoms with van der Waals surface area (Å²) in [6.45, 7) is 0. The van der Waals surface area contributed by atoms with Crippen LogP contribution in [-0.4, -0.2) is 6.21 Å². The van der Waals surface area contributed by atoms with Gasteiger partial charge in [0.2, 0.25) is 0 Å². The van der Waals surface area contributed by atoms with Crippen LogP contribution in [0.3, 0.4) is 0 Å². The first-order valence-corrected chi connectivity index (χ1v) is 1.37. The Hall–Kier alpha value is -0.860. The number of hydrogen-bond acceptors (Lipinski definition) is 2. The zero-order valence-electron chi connectivity index (χ0n) is 2.81. The third-order valence-electron chi connectivity index (χ3n) is 0.362. The van der Waals surface area contributed by atoms with Gasteiger partial charge in [-0.2, -0.15) is 9.23 Å². The Morgan fingerprint density at radius 2 is 2.83 bits per heavy atom. The Morgan fingerprint density at radius 1 is 2.00 bits per heavy atom. The monoisotopic (exact) mass is 86.0 g/mol. The van der Waals surface area contributed by atoms with Gasteiger partial charge in [-0.15, -0.1) is 0 Å². The van der Waals surface area contributed by atoms with Crippen LogP contribution in [0.5, 0.6) is 0 Å². The molecule has 0 saturated carbocycles. The molecule has 3 heteroatoms. The van der Waals surface area contributed by atoms with Crippen LogP contribution in [0, 0.1) is 6.26 Å². The van der Waals surface area contributed by atoms with Gasteiger partial charge in [0.05, 0.1) is 0 Å². The molecule has 2 nitrogen and oxygen atoms in total. The van der Waals surface area contributed by atoms with E-state index in [-0.39, 0.29) is 0 Å². The molecule has 2 radical (unpaired) electrons. The number of nitrogens with zero attached hydrogens (tertiary/aromatic N) is 1. The fraction of sp³-hybridized carbons (Fsp3) is 0. The molecule has 0 amide bonds. The lowest BCUT2D eigenvalue weighted by Crippen LogP contribution is -1.75. The summed E-state index contributed by atoms with van der Waals surface area (Å²) in [6, 6.07) is 0. The van der Waals surface area contributed by atoms with E-state index in [1.807, 2.05) is 6.26 Å². The highest BCUT2D eigenvalue weighted by molar-refractivity contribution is 5.73. The van der Waals surface area contributed by atoms with Crippen LogP contribution in [0.15, 0.2) is 5.83 Å². The average Bonchev–Trinajstić information content (AvgIpc) is 1.86. The average molecular weight is 86.0 g/mol. The van der Waals surface area contributed by atoms with Crippen molar-refractivity contribution >= 4 is 6.21 Å². The summed E-state index contributed by atoms with van der Waals surface area (Å²) in [4.78, 5) is 3.96. The third kappa shape index (κ3) is 0.381. The predicted molar refractivity (Wildman–Crippen MR) is 17.1 cm³/mol. The maximum atomic E-state index is 11.5. The first-order valence-electron chi connectivity index (χ1n) is 1.37. The van der Waals surface area contributed by atoms with E-state index in [9.17, 15) is 4.39 Å². The molecule has 0 fully saturated rings. The fourth-order valence-corrected chi connectivity index (χ4v) is 0.169. The second-order valence-electron chi connectivity index (χ2n) is 0.776. The maximum absolute atomic E-state index is 11.5. The standard InChI is InChI=1S/C3HFNO/c4-3-1-5-6-2-3/h1H/q+1.